The number of thioether (sulfide) groups is 1. The summed E-state index contributed by atoms with van der Waals surface area (Å²) in [6.07, 6.45) is 0. The van der Waals surface area contributed by atoms with Crippen LogP contribution < -0.4 is 10.6 Å². The monoisotopic (exact) mass is 333 g/mol. The van der Waals surface area contributed by atoms with Crippen molar-refractivity contribution in [3.05, 3.63) is 41.7 Å². The lowest BCUT2D eigenvalue weighted by molar-refractivity contribution is -0.115. The quantitative estimate of drug-likeness (QED) is 0.849. The van der Waals surface area contributed by atoms with E-state index in [4.69, 9.17) is 4.52 Å². The predicted octanol–water partition coefficient (Wildman–Crippen LogP) is 2.99. The molecule has 0 fully saturated rings. The van der Waals surface area contributed by atoms with Gasteiger partial charge in [-0.3, -0.25) is 9.59 Å². The highest BCUT2D eigenvalue weighted by Crippen LogP contribution is 2.15. The van der Waals surface area contributed by atoms with Crippen LogP contribution in [-0.2, 0) is 9.59 Å². The smallest absolute Gasteiger partial charge is 0.238 e. The van der Waals surface area contributed by atoms with Crippen LogP contribution in [0, 0.1) is 13.8 Å². The van der Waals surface area contributed by atoms with E-state index in [9.17, 15) is 9.59 Å². The number of nitrogens with zero attached hydrogens (tertiary/aromatic N) is 1. The molecule has 7 heteroatoms. The highest BCUT2D eigenvalue weighted by atomic mass is 32.2. The van der Waals surface area contributed by atoms with E-state index in [1.807, 2.05) is 31.2 Å². The molecule has 122 valence electrons. The summed E-state index contributed by atoms with van der Waals surface area (Å²) in [5.41, 5.74) is 1.83. The number of aryl methyl sites for hydroxylation is 2. The summed E-state index contributed by atoms with van der Waals surface area (Å²) in [6.45, 7) is 5.45. The highest BCUT2D eigenvalue weighted by Gasteiger charge is 2.16. The summed E-state index contributed by atoms with van der Waals surface area (Å²) in [5, 5.41) is 8.78. The zero-order valence-corrected chi connectivity index (χ0v) is 14.1. The van der Waals surface area contributed by atoms with Crippen LogP contribution in [0.2, 0.25) is 0 Å². The van der Waals surface area contributed by atoms with Crippen LogP contribution in [0.5, 0.6) is 0 Å². The van der Waals surface area contributed by atoms with Crippen molar-refractivity contribution in [2.24, 2.45) is 0 Å². The van der Waals surface area contributed by atoms with Crippen LogP contribution in [0.1, 0.15) is 18.2 Å². The standard InChI is InChI=1S/C16H19N3O3S/c1-10-5-4-6-13(7-10)17-15(20)9-23-12(3)16(21)18-14-8-11(2)22-19-14/h4-8,12H,9H2,1-3H3,(H,17,20)(H,18,19,21). The van der Waals surface area contributed by atoms with E-state index in [1.165, 1.54) is 11.8 Å². The zero-order chi connectivity index (χ0) is 16.8. The second-order valence-corrected chi connectivity index (χ2v) is 6.51. The van der Waals surface area contributed by atoms with Gasteiger partial charge in [-0.2, -0.15) is 0 Å². The molecule has 1 atom stereocenters. The molecule has 1 unspecified atom stereocenters. The molecule has 0 aliphatic carbocycles. The van der Waals surface area contributed by atoms with Gasteiger partial charge in [0.15, 0.2) is 5.82 Å². The number of hydrogen-bond acceptors (Lipinski definition) is 5. The minimum absolute atomic E-state index is 0.141. The van der Waals surface area contributed by atoms with Gasteiger partial charge in [-0.25, -0.2) is 0 Å². The lowest BCUT2D eigenvalue weighted by atomic mass is 10.2. The van der Waals surface area contributed by atoms with Crippen LogP contribution in [0.4, 0.5) is 11.5 Å². The fraction of sp³-hybridized carbons (Fsp3) is 0.312. The first-order valence-electron chi connectivity index (χ1n) is 7.16. The summed E-state index contributed by atoms with van der Waals surface area (Å²) < 4.78 is 4.88. The Labute approximate surface area is 139 Å². The van der Waals surface area contributed by atoms with Gasteiger partial charge in [-0.05, 0) is 38.5 Å². The molecule has 0 saturated heterocycles. The van der Waals surface area contributed by atoms with E-state index in [0.717, 1.165) is 11.3 Å². The molecular formula is C16H19N3O3S. The van der Waals surface area contributed by atoms with Gasteiger partial charge in [0.05, 0.1) is 11.0 Å². The molecule has 0 spiro atoms. The van der Waals surface area contributed by atoms with Gasteiger partial charge in [0.2, 0.25) is 11.8 Å². The maximum atomic E-state index is 12.0. The maximum absolute atomic E-state index is 12.0. The van der Waals surface area contributed by atoms with Crippen molar-refractivity contribution in [2.45, 2.75) is 26.0 Å². The topological polar surface area (TPSA) is 84.2 Å². The van der Waals surface area contributed by atoms with Crippen molar-refractivity contribution < 1.29 is 14.1 Å². The highest BCUT2D eigenvalue weighted by molar-refractivity contribution is 8.01. The fourth-order valence-corrected chi connectivity index (χ4v) is 2.53. The Morgan fingerprint density at radius 3 is 2.70 bits per heavy atom. The van der Waals surface area contributed by atoms with Gasteiger partial charge in [0.25, 0.3) is 0 Å². The first-order chi connectivity index (χ1) is 10.9. The Morgan fingerprint density at radius 2 is 2.04 bits per heavy atom. The molecule has 2 amide bonds. The number of nitrogens with one attached hydrogen (secondary N) is 2. The molecule has 0 bridgehead atoms. The minimum atomic E-state index is -0.379. The Hall–Kier alpha value is -2.28. The van der Waals surface area contributed by atoms with Gasteiger partial charge in [-0.1, -0.05) is 17.3 Å². The Kier molecular flexibility index (Phi) is 5.81. The number of rotatable bonds is 6. The van der Waals surface area contributed by atoms with Gasteiger partial charge >= 0.3 is 0 Å². The Morgan fingerprint density at radius 1 is 1.26 bits per heavy atom. The van der Waals surface area contributed by atoms with Crippen molar-refractivity contribution in [1.82, 2.24) is 5.16 Å². The van der Waals surface area contributed by atoms with Crippen molar-refractivity contribution in [3.8, 4) is 0 Å². The van der Waals surface area contributed by atoms with Crippen LogP contribution in [-0.4, -0.2) is 28.0 Å². The minimum Gasteiger partial charge on any atom is -0.360 e. The lowest BCUT2D eigenvalue weighted by Gasteiger charge is -2.10. The molecule has 2 rings (SSSR count). The van der Waals surface area contributed by atoms with E-state index in [-0.39, 0.29) is 22.8 Å². The number of amides is 2. The average molecular weight is 333 g/mol. The molecule has 1 aromatic heterocycles. The van der Waals surface area contributed by atoms with Crippen molar-refractivity contribution in [2.75, 3.05) is 16.4 Å². The van der Waals surface area contributed by atoms with Crippen LogP contribution in [0.25, 0.3) is 0 Å². The fourth-order valence-electron chi connectivity index (χ4n) is 1.85. The Balaban J connectivity index is 1.77. The summed E-state index contributed by atoms with van der Waals surface area (Å²) in [6, 6.07) is 9.21. The van der Waals surface area contributed by atoms with Gasteiger partial charge in [0, 0.05) is 11.8 Å². The largest absolute Gasteiger partial charge is 0.360 e. The molecule has 0 aliphatic rings. The van der Waals surface area contributed by atoms with E-state index in [1.54, 1.807) is 19.9 Å². The zero-order valence-electron chi connectivity index (χ0n) is 13.3. The van der Waals surface area contributed by atoms with Gasteiger partial charge in [-0.15, -0.1) is 11.8 Å². The van der Waals surface area contributed by atoms with Crippen LogP contribution in [0.15, 0.2) is 34.9 Å². The predicted molar refractivity (Wildman–Crippen MR) is 91.6 cm³/mol. The molecule has 23 heavy (non-hydrogen) atoms. The number of hydrogen-bond donors (Lipinski definition) is 2. The summed E-state index contributed by atoms with van der Waals surface area (Å²) in [4.78, 5) is 23.9. The third-order valence-corrected chi connectivity index (χ3v) is 4.16. The first kappa shape index (κ1) is 17.1. The first-order valence-corrected chi connectivity index (χ1v) is 8.21. The number of carbonyl (C=O) groups is 2. The van der Waals surface area contributed by atoms with Crippen LogP contribution in [0.3, 0.4) is 0 Å². The molecule has 1 aromatic carbocycles. The number of aromatic nitrogens is 1. The van der Waals surface area contributed by atoms with Gasteiger partial charge in [0.1, 0.15) is 5.76 Å². The average Bonchev–Trinajstić information content (AvgIpc) is 2.90. The maximum Gasteiger partial charge on any atom is 0.238 e. The second-order valence-electron chi connectivity index (χ2n) is 5.18. The molecule has 2 aromatic rings. The summed E-state index contributed by atoms with van der Waals surface area (Å²) in [5.74, 6) is 0.840. The molecule has 6 nitrogen and oxygen atoms in total. The number of carbonyl (C=O) groups excluding carboxylic acids is 2. The van der Waals surface area contributed by atoms with Crippen LogP contribution >= 0.6 is 11.8 Å². The molecular weight excluding hydrogens is 314 g/mol. The van der Waals surface area contributed by atoms with Crippen molar-refractivity contribution >= 4 is 35.1 Å². The number of anilines is 2. The van der Waals surface area contributed by atoms with E-state index < -0.39 is 0 Å². The Bertz CT molecular complexity index is 699. The van der Waals surface area contributed by atoms with E-state index in [0.29, 0.717) is 11.6 Å². The van der Waals surface area contributed by atoms with Gasteiger partial charge < -0.3 is 15.2 Å². The molecule has 0 aliphatic heterocycles. The lowest BCUT2D eigenvalue weighted by Crippen LogP contribution is -2.25. The molecule has 0 radical (unpaired) electrons. The molecule has 2 N–H and O–H groups in total. The third kappa shape index (κ3) is 5.45. The summed E-state index contributed by atoms with van der Waals surface area (Å²) in [7, 11) is 0. The van der Waals surface area contributed by atoms with E-state index >= 15 is 0 Å². The van der Waals surface area contributed by atoms with E-state index in [2.05, 4.69) is 15.8 Å². The molecule has 0 saturated carbocycles. The molecule has 1 heterocycles. The SMILES string of the molecule is Cc1cccc(NC(=O)CSC(C)C(=O)Nc2cc(C)on2)c1. The normalized spacial score (nSPS) is 11.8. The summed E-state index contributed by atoms with van der Waals surface area (Å²) >= 11 is 1.26. The van der Waals surface area contributed by atoms with Crippen molar-refractivity contribution in [3.63, 3.8) is 0 Å². The van der Waals surface area contributed by atoms with Crippen molar-refractivity contribution in [1.29, 1.82) is 0 Å². The third-order valence-electron chi connectivity index (χ3n) is 3.01. The number of benzene rings is 1. The second kappa shape index (κ2) is 7.82.